The summed E-state index contributed by atoms with van der Waals surface area (Å²) < 4.78 is 35.3. The van der Waals surface area contributed by atoms with Crippen molar-refractivity contribution in [1.82, 2.24) is 0 Å². The summed E-state index contributed by atoms with van der Waals surface area (Å²) in [7, 11) is -3.10. The molecular formula is C8H15FO2S. The molecule has 0 amide bonds. The molecule has 0 saturated carbocycles. The van der Waals surface area contributed by atoms with Gasteiger partial charge in [-0.25, -0.2) is 12.8 Å². The normalized spacial score (nSPS) is 35.8. The quantitative estimate of drug-likeness (QED) is 0.635. The van der Waals surface area contributed by atoms with Crippen LogP contribution in [0.1, 0.15) is 26.2 Å². The van der Waals surface area contributed by atoms with E-state index in [1.54, 1.807) is 0 Å². The zero-order valence-corrected chi connectivity index (χ0v) is 8.11. The Morgan fingerprint density at radius 1 is 1.33 bits per heavy atom. The standard InChI is InChI=1S/C8H15FO2S/c1-2-7-3-4-8(9)6-12(10,11)5-7/h7-8H,2-6H2,1H3. The van der Waals surface area contributed by atoms with Crippen molar-refractivity contribution in [3.8, 4) is 0 Å². The monoisotopic (exact) mass is 194 g/mol. The topological polar surface area (TPSA) is 34.1 Å². The van der Waals surface area contributed by atoms with Crippen molar-refractivity contribution in [1.29, 1.82) is 0 Å². The molecule has 1 fully saturated rings. The molecule has 1 aliphatic heterocycles. The predicted octanol–water partition coefficient (Wildman–Crippen LogP) is 1.56. The van der Waals surface area contributed by atoms with Crippen molar-refractivity contribution in [2.45, 2.75) is 32.4 Å². The molecule has 2 nitrogen and oxygen atoms in total. The second-order valence-electron chi connectivity index (χ2n) is 3.53. The molecule has 12 heavy (non-hydrogen) atoms. The maximum absolute atomic E-state index is 12.9. The Kier molecular flexibility index (Phi) is 3.09. The lowest BCUT2D eigenvalue weighted by Crippen LogP contribution is -2.18. The third-order valence-corrected chi connectivity index (χ3v) is 4.24. The Morgan fingerprint density at radius 2 is 2.00 bits per heavy atom. The molecule has 0 aliphatic carbocycles. The Bertz CT molecular complexity index is 235. The highest BCUT2D eigenvalue weighted by atomic mass is 32.2. The van der Waals surface area contributed by atoms with Crippen molar-refractivity contribution < 1.29 is 12.8 Å². The minimum Gasteiger partial charge on any atom is -0.246 e. The van der Waals surface area contributed by atoms with E-state index in [4.69, 9.17) is 0 Å². The van der Waals surface area contributed by atoms with Gasteiger partial charge in [0.2, 0.25) is 0 Å². The Labute approximate surface area is 73.1 Å². The van der Waals surface area contributed by atoms with E-state index in [0.717, 1.165) is 12.8 Å². The largest absolute Gasteiger partial charge is 0.246 e. The highest BCUT2D eigenvalue weighted by Gasteiger charge is 2.27. The van der Waals surface area contributed by atoms with Crippen LogP contribution in [-0.2, 0) is 9.84 Å². The fourth-order valence-electron chi connectivity index (χ4n) is 1.61. The summed E-state index contributed by atoms with van der Waals surface area (Å²) in [6.07, 6.45) is 0.840. The Morgan fingerprint density at radius 3 is 2.58 bits per heavy atom. The molecule has 2 unspecified atom stereocenters. The van der Waals surface area contributed by atoms with E-state index in [0.29, 0.717) is 6.42 Å². The number of hydrogen-bond acceptors (Lipinski definition) is 2. The van der Waals surface area contributed by atoms with Gasteiger partial charge >= 0.3 is 0 Å². The minimum absolute atomic E-state index is 0.177. The summed E-state index contributed by atoms with van der Waals surface area (Å²) in [6.45, 7) is 1.96. The first-order valence-electron chi connectivity index (χ1n) is 4.38. The second-order valence-corrected chi connectivity index (χ2v) is 5.68. The van der Waals surface area contributed by atoms with Gasteiger partial charge < -0.3 is 0 Å². The van der Waals surface area contributed by atoms with Gasteiger partial charge in [-0.1, -0.05) is 13.3 Å². The van der Waals surface area contributed by atoms with Crippen LogP contribution in [-0.4, -0.2) is 26.1 Å². The molecule has 72 valence electrons. The highest BCUT2D eigenvalue weighted by Crippen LogP contribution is 2.22. The molecule has 0 aromatic heterocycles. The lowest BCUT2D eigenvalue weighted by atomic mass is 10.0. The van der Waals surface area contributed by atoms with Crippen LogP contribution in [0, 0.1) is 5.92 Å². The molecular weight excluding hydrogens is 179 g/mol. The van der Waals surface area contributed by atoms with Gasteiger partial charge in [0.15, 0.2) is 9.84 Å². The minimum atomic E-state index is -3.10. The zero-order valence-electron chi connectivity index (χ0n) is 7.29. The molecule has 0 radical (unpaired) electrons. The first-order valence-corrected chi connectivity index (χ1v) is 6.20. The van der Waals surface area contributed by atoms with Gasteiger partial charge in [0.05, 0.1) is 11.5 Å². The summed E-state index contributed by atoms with van der Waals surface area (Å²) in [5.74, 6) is 0.101. The molecule has 0 aromatic carbocycles. The van der Waals surface area contributed by atoms with Crippen LogP contribution in [0.25, 0.3) is 0 Å². The molecule has 1 saturated heterocycles. The smallest absolute Gasteiger partial charge is 0.153 e. The van der Waals surface area contributed by atoms with Crippen LogP contribution in [0.4, 0.5) is 4.39 Å². The maximum atomic E-state index is 12.9. The lowest BCUT2D eigenvalue weighted by Gasteiger charge is -2.08. The average Bonchev–Trinajstić information content (AvgIpc) is 2.07. The molecule has 2 atom stereocenters. The third kappa shape index (κ3) is 2.73. The van der Waals surface area contributed by atoms with Crippen LogP contribution in [0.3, 0.4) is 0 Å². The zero-order chi connectivity index (χ0) is 9.19. The van der Waals surface area contributed by atoms with Gasteiger partial charge in [-0.2, -0.15) is 0 Å². The van der Waals surface area contributed by atoms with Gasteiger partial charge in [0.25, 0.3) is 0 Å². The first-order chi connectivity index (χ1) is 5.53. The lowest BCUT2D eigenvalue weighted by molar-refractivity contribution is 0.323. The van der Waals surface area contributed by atoms with Crippen LogP contribution < -0.4 is 0 Å². The highest BCUT2D eigenvalue weighted by molar-refractivity contribution is 7.91. The van der Waals surface area contributed by atoms with E-state index in [2.05, 4.69) is 0 Å². The van der Waals surface area contributed by atoms with E-state index in [9.17, 15) is 12.8 Å². The second kappa shape index (κ2) is 3.73. The van der Waals surface area contributed by atoms with Gasteiger partial charge in [-0.15, -0.1) is 0 Å². The fourth-order valence-corrected chi connectivity index (χ4v) is 3.58. The number of hydrogen-bond donors (Lipinski definition) is 0. The molecule has 4 heteroatoms. The molecule has 1 rings (SSSR count). The molecule has 0 bridgehead atoms. The van der Waals surface area contributed by atoms with E-state index in [1.165, 1.54) is 0 Å². The number of sulfone groups is 1. The van der Waals surface area contributed by atoms with Gasteiger partial charge in [-0.3, -0.25) is 0 Å². The fraction of sp³-hybridized carbons (Fsp3) is 1.00. The van der Waals surface area contributed by atoms with Gasteiger partial charge in [0.1, 0.15) is 6.17 Å². The molecule has 1 aliphatic rings. The summed E-state index contributed by atoms with van der Waals surface area (Å²) >= 11 is 0. The Balaban J connectivity index is 2.69. The SMILES string of the molecule is CCC1CCC(F)CS(=O)(=O)C1. The van der Waals surface area contributed by atoms with Gasteiger partial charge in [-0.05, 0) is 18.8 Å². The summed E-state index contributed by atoms with van der Waals surface area (Å²) in [4.78, 5) is 0. The van der Waals surface area contributed by atoms with Crippen LogP contribution in [0.2, 0.25) is 0 Å². The number of halogens is 1. The summed E-state index contributed by atoms with van der Waals surface area (Å²) in [6, 6.07) is 0. The van der Waals surface area contributed by atoms with Crippen LogP contribution >= 0.6 is 0 Å². The van der Waals surface area contributed by atoms with Crippen molar-refractivity contribution >= 4 is 9.84 Å². The summed E-state index contributed by atoms with van der Waals surface area (Å²) in [5, 5.41) is 0. The predicted molar refractivity (Wildman–Crippen MR) is 46.6 cm³/mol. The van der Waals surface area contributed by atoms with E-state index in [-0.39, 0.29) is 17.4 Å². The molecule has 0 aromatic rings. The van der Waals surface area contributed by atoms with E-state index in [1.807, 2.05) is 6.92 Å². The van der Waals surface area contributed by atoms with Crippen LogP contribution in [0.15, 0.2) is 0 Å². The number of rotatable bonds is 1. The molecule has 0 N–H and O–H groups in total. The van der Waals surface area contributed by atoms with Crippen LogP contribution in [0.5, 0.6) is 0 Å². The third-order valence-electron chi connectivity index (χ3n) is 2.39. The molecule has 1 heterocycles. The first kappa shape index (κ1) is 9.96. The van der Waals surface area contributed by atoms with E-state index < -0.39 is 16.0 Å². The maximum Gasteiger partial charge on any atom is 0.153 e. The Hall–Kier alpha value is -0.120. The van der Waals surface area contributed by atoms with Crippen molar-refractivity contribution in [2.24, 2.45) is 5.92 Å². The molecule has 0 spiro atoms. The van der Waals surface area contributed by atoms with Crippen molar-refractivity contribution in [3.05, 3.63) is 0 Å². The number of alkyl halides is 1. The average molecular weight is 194 g/mol. The van der Waals surface area contributed by atoms with E-state index >= 15 is 0 Å². The van der Waals surface area contributed by atoms with Crippen molar-refractivity contribution in [3.63, 3.8) is 0 Å². The summed E-state index contributed by atoms with van der Waals surface area (Å²) in [5.41, 5.74) is 0. The van der Waals surface area contributed by atoms with Crippen molar-refractivity contribution in [2.75, 3.05) is 11.5 Å². The van der Waals surface area contributed by atoms with Gasteiger partial charge in [0, 0.05) is 0 Å².